The smallest absolute Gasteiger partial charge is 0.420 e. The molecule has 2 rings (SSSR count). The molecule has 0 saturated carbocycles. The van der Waals surface area contributed by atoms with Crippen molar-refractivity contribution < 1.29 is 19.1 Å². The van der Waals surface area contributed by atoms with Gasteiger partial charge in [0, 0.05) is 11.2 Å². The van der Waals surface area contributed by atoms with Crippen LogP contribution in [0.5, 0.6) is 5.88 Å². The third kappa shape index (κ3) is 0.906. The molecule has 11 heavy (non-hydrogen) atoms. The van der Waals surface area contributed by atoms with Crippen molar-refractivity contribution in [3.63, 3.8) is 0 Å². The lowest BCUT2D eigenvalue weighted by Gasteiger charge is -1.91. The van der Waals surface area contributed by atoms with Crippen LogP contribution in [0.4, 0.5) is 4.39 Å². The van der Waals surface area contributed by atoms with Gasteiger partial charge in [-0.25, -0.2) is 4.39 Å². The highest BCUT2D eigenvalue weighted by Gasteiger charge is 2.25. The van der Waals surface area contributed by atoms with E-state index in [9.17, 15) is 4.39 Å². The highest BCUT2D eigenvalue weighted by Crippen LogP contribution is 2.19. The summed E-state index contributed by atoms with van der Waals surface area (Å²) in [7, 11) is 0. The lowest BCUT2D eigenvalue weighted by molar-refractivity contribution is -0.906. The van der Waals surface area contributed by atoms with E-state index < -0.39 is 5.82 Å². The molecule has 1 aromatic rings. The van der Waals surface area contributed by atoms with Gasteiger partial charge >= 0.3 is 5.88 Å². The van der Waals surface area contributed by atoms with Crippen LogP contribution in [0.15, 0.2) is 12.3 Å². The van der Waals surface area contributed by atoms with E-state index >= 15 is 0 Å². The molecule has 0 atom stereocenters. The summed E-state index contributed by atoms with van der Waals surface area (Å²) in [6.07, 6.45) is 1.64. The van der Waals surface area contributed by atoms with Gasteiger partial charge in [0.05, 0.1) is 12.2 Å². The fourth-order valence-electron chi connectivity index (χ4n) is 1.18. The van der Waals surface area contributed by atoms with Crippen molar-refractivity contribution in [3.05, 3.63) is 23.6 Å². The Bertz CT molecular complexity index is 301. The van der Waals surface area contributed by atoms with Crippen LogP contribution >= 0.6 is 0 Å². The van der Waals surface area contributed by atoms with Crippen LogP contribution in [-0.2, 0) is 6.42 Å². The minimum absolute atomic E-state index is 0.353. The first kappa shape index (κ1) is 6.39. The van der Waals surface area contributed by atoms with E-state index in [0.29, 0.717) is 29.2 Å². The van der Waals surface area contributed by atoms with Crippen LogP contribution in [-0.4, -0.2) is 11.8 Å². The Morgan fingerprint density at radius 3 is 3.27 bits per heavy atom. The molecule has 2 heterocycles. The number of halogens is 1. The first-order chi connectivity index (χ1) is 5.27. The zero-order valence-electron chi connectivity index (χ0n) is 5.75. The molecule has 1 N–H and O–H groups in total. The average molecular weight is 156 g/mol. The quantitative estimate of drug-likeness (QED) is 0.432. The van der Waals surface area contributed by atoms with Crippen molar-refractivity contribution >= 4 is 0 Å². The Hall–Kier alpha value is -1.32. The molecule has 58 valence electrons. The van der Waals surface area contributed by atoms with Gasteiger partial charge in [0.2, 0.25) is 0 Å². The van der Waals surface area contributed by atoms with Crippen LogP contribution in [0, 0.1) is 5.82 Å². The Kier molecular flexibility index (Phi) is 1.21. The molecule has 0 spiro atoms. The van der Waals surface area contributed by atoms with Gasteiger partial charge in [-0.15, -0.1) is 0 Å². The maximum atomic E-state index is 12.6. The van der Waals surface area contributed by atoms with Gasteiger partial charge in [-0.1, -0.05) is 0 Å². The van der Waals surface area contributed by atoms with Crippen molar-refractivity contribution in [2.24, 2.45) is 0 Å². The molecule has 0 radical (unpaired) electrons. The van der Waals surface area contributed by atoms with E-state index in [1.807, 2.05) is 0 Å². The number of rotatable bonds is 0. The van der Waals surface area contributed by atoms with Crippen molar-refractivity contribution in [1.82, 2.24) is 0 Å². The second-order valence-corrected chi connectivity index (χ2v) is 2.43. The molecule has 0 unspecified atom stereocenters. The second kappa shape index (κ2) is 2.08. The number of nitrogens with zero attached hydrogens (tertiary/aromatic N) is 1. The summed E-state index contributed by atoms with van der Waals surface area (Å²) >= 11 is 0. The molecule has 0 saturated heterocycles. The number of pyridine rings is 1. The molecule has 0 aromatic carbocycles. The first-order valence-corrected chi connectivity index (χ1v) is 3.33. The zero-order valence-corrected chi connectivity index (χ0v) is 5.75. The molecule has 1 aromatic heterocycles. The van der Waals surface area contributed by atoms with Gasteiger partial charge in [0.1, 0.15) is 0 Å². The largest absolute Gasteiger partial charge is 0.441 e. The monoisotopic (exact) mass is 156 g/mol. The van der Waals surface area contributed by atoms with Crippen LogP contribution in [0.2, 0.25) is 0 Å². The normalized spacial score (nSPS) is 14.3. The number of fused-ring (bicyclic) bond motifs is 1. The van der Waals surface area contributed by atoms with Gasteiger partial charge in [-0.05, 0) is 6.07 Å². The lowest BCUT2D eigenvalue weighted by Crippen LogP contribution is -2.31. The molecule has 4 heteroatoms. The number of ether oxygens (including phenoxy) is 1. The van der Waals surface area contributed by atoms with E-state index in [-0.39, 0.29) is 0 Å². The predicted molar refractivity (Wildman–Crippen MR) is 33.0 cm³/mol. The summed E-state index contributed by atoms with van der Waals surface area (Å²) < 4.78 is 18.3. The zero-order chi connectivity index (χ0) is 7.84. The van der Waals surface area contributed by atoms with E-state index in [2.05, 4.69) is 0 Å². The van der Waals surface area contributed by atoms with Gasteiger partial charge in [0.25, 0.3) is 6.20 Å². The lowest BCUT2D eigenvalue weighted by atomic mass is 10.2. The van der Waals surface area contributed by atoms with Crippen LogP contribution < -0.4 is 9.47 Å². The topological polar surface area (TPSA) is 33.3 Å². The summed E-state index contributed by atoms with van der Waals surface area (Å²) in [6.45, 7) is 0.513. The predicted octanol–water partition coefficient (Wildman–Crippen LogP) is 0.285. The van der Waals surface area contributed by atoms with E-state index in [1.54, 1.807) is 0 Å². The fourth-order valence-corrected chi connectivity index (χ4v) is 1.18. The summed E-state index contributed by atoms with van der Waals surface area (Å²) in [5.74, 6) is -0.0943. The fraction of sp³-hybridized carbons (Fsp3) is 0.286. The average Bonchev–Trinajstić information content (AvgIpc) is 2.34. The minimum Gasteiger partial charge on any atom is -0.441 e. The summed E-state index contributed by atoms with van der Waals surface area (Å²) in [5, 5.41) is 9.06. The molecule has 0 bridgehead atoms. The van der Waals surface area contributed by atoms with Gasteiger partial charge < -0.3 is 4.74 Å². The van der Waals surface area contributed by atoms with Crippen LogP contribution in [0.25, 0.3) is 0 Å². The van der Waals surface area contributed by atoms with E-state index in [1.165, 1.54) is 6.07 Å². The number of hydrogen-bond donors (Lipinski definition) is 1. The highest BCUT2D eigenvalue weighted by atomic mass is 19.1. The molecule has 0 fully saturated rings. The van der Waals surface area contributed by atoms with Crippen molar-refractivity contribution in [2.75, 3.05) is 6.61 Å². The molecular formula is C7H7FNO2+. The van der Waals surface area contributed by atoms with Crippen LogP contribution in [0.1, 0.15) is 5.56 Å². The summed E-state index contributed by atoms with van der Waals surface area (Å²) in [6, 6.07) is 1.37. The van der Waals surface area contributed by atoms with Crippen LogP contribution in [0.3, 0.4) is 0 Å². The summed E-state index contributed by atoms with van der Waals surface area (Å²) in [5.41, 5.74) is 0.715. The molecular weight excluding hydrogens is 149 g/mol. The molecule has 0 aliphatic carbocycles. The third-order valence-corrected chi connectivity index (χ3v) is 1.65. The SMILES string of the molecule is O[n+]1cc(F)cc2c1OCC2. The van der Waals surface area contributed by atoms with Crippen molar-refractivity contribution in [2.45, 2.75) is 6.42 Å². The van der Waals surface area contributed by atoms with E-state index in [4.69, 9.17) is 9.94 Å². The molecule has 3 nitrogen and oxygen atoms in total. The Morgan fingerprint density at radius 2 is 2.45 bits per heavy atom. The van der Waals surface area contributed by atoms with Crippen molar-refractivity contribution in [3.8, 4) is 5.88 Å². The Balaban J connectivity index is 2.60. The first-order valence-electron chi connectivity index (χ1n) is 3.33. The molecule has 1 aliphatic heterocycles. The van der Waals surface area contributed by atoms with Gasteiger partial charge in [-0.3, -0.25) is 5.21 Å². The standard InChI is InChI=1S/C7H7FNO2/c8-6-3-5-1-2-11-7(5)9(10)4-6/h3-4,10H,1-2H2/q+1. The Morgan fingerprint density at radius 1 is 1.64 bits per heavy atom. The summed E-state index contributed by atoms with van der Waals surface area (Å²) in [4.78, 5) is 0. The molecule has 0 amide bonds. The minimum atomic E-state index is -0.447. The van der Waals surface area contributed by atoms with E-state index in [0.717, 1.165) is 6.20 Å². The number of hydrogen-bond acceptors (Lipinski definition) is 2. The highest BCUT2D eigenvalue weighted by molar-refractivity contribution is 5.24. The third-order valence-electron chi connectivity index (χ3n) is 1.65. The Labute approximate surface area is 62.6 Å². The van der Waals surface area contributed by atoms with Gasteiger partial charge in [-0.2, -0.15) is 0 Å². The second-order valence-electron chi connectivity index (χ2n) is 2.43. The maximum Gasteiger partial charge on any atom is 0.420 e. The number of aromatic nitrogens is 1. The maximum absolute atomic E-state index is 12.6. The molecule has 1 aliphatic rings. The van der Waals surface area contributed by atoms with Crippen molar-refractivity contribution in [1.29, 1.82) is 0 Å². The van der Waals surface area contributed by atoms with Gasteiger partial charge in [0.15, 0.2) is 5.82 Å².